The van der Waals surface area contributed by atoms with Crippen molar-refractivity contribution in [2.45, 2.75) is 38.9 Å². The van der Waals surface area contributed by atoms with E-state index in [9.17, 15) is 9.90 Å². The summed E-state index contributed by atoms with van der Waals surface area (Å²) in [5.41, 5.74) is 3.07. The van der Waals surface area contributed by atoms with Gasteiger partial charge in [0.05, 0.1) is 0 Å². The topological polar surface area (TPSA) is 46.5 Å². The highest BCUT2D eigenvalue weighted by Crippen LogP contribution is 2.41. The summed E-state index contributed by atoms with van der Waals surface area (Å²) < 4.78 is 6.02. The first-order chi connectivity index (χ1) is 10.4. The number of hydrogen-bond acceptors (Lipinski definition) is 3. The standard InChI is InChI=1S/C19H20O3/c1-12(20)13-7-9-14(10-8-13)17(21)16-6-4-5-15-11-19(2,3)22-18(15)16/h4-10,17,21H,11H2,1-3H3. The van der Waals surface area contributed by atoms with Gasteiger partial charge in [-0.2, -0.15) is 0 Å². The molecule has 0 aliphatic carbocycles. The lowest BCUT2D eigenvalue weighted by Crippen LogP contribution is -2.25. The van der Waals surface area contributed by atoms with Crippen LogP contribution in [-0.4, -0.2) is 16.5 Å². The monoisotopic (exact) mass is 296 g/mol. The highest BCUT2D eigenvalue weighted by atomic mass is 16.5. The van der Waals surface area contributed by atoms with E-state index in [1.807, 2.05) is 32.0 Å². The average Bonchev–Trinajstić information content (AvgIpc) is 2.80. The molecule has 1 atom stereocenters. The van der Waals surface area contributed by atoms with E-state index in [0.29, 0.717) is 5.56 Å². The summed E-state index contributed by atoms with van der Waals surface area (Å²) in [6, 6.07) is 13.0. The number of para-hydroxylation sites is 1. The van der Waals surface area contributed by atoms with Gasteiger partial charge in [-0.3, -0.25) is 4.79 Å². The molecule has 22 heavy (non-hydrogen) atoms. The molecule has 1 N–H and O–H groups in total. The van der Waals surface area contributed by atoms with Gasteiger partial charge in [-0.05, 0) is 31.9 Å². The first-order valence-corrected chi connectivity index (χ1v) is 7.47. The fraction of sp³-hybridized carbons (Fsp3) is 0.316. The molecule has 2 aromatic carbocycles. The molecule has 0 spiro atoms. The Labute approximate surface area is 130 Å². The molecule has 0 radical (unpaired) electrons. The molecule has 0 fully saturated rings. The van der Waals surface area contributed by atoms with Gasteiger partial charge in [0.1, 0.15) is 17.5 Å². The van der Waals surface area contributed by atoms with Crippen molar-refractivity contribution in [1.29, 1.82) is 0 Å². The third-order valence-electron chi connectivity index (χ3n) is 4.05. The van der Waals surface area contributed by atoms with Crippen molar-refractivity contribution in [1.82, 2.24) is 0 Å². The quantitative estimate of drug-likeness (QED) is 0.879. The SMILES string of the molecule is CC(=O)c1ccc(C(O)c2cccc3c2OC(C)(C)C3)cc1. The normalized spacial score (nSPS) is 16.7. The largest absolute Gasteiger partial charge is 0.487 e. The van der Waals surface area contributed by atoms with E-state index in [2.05, 4.69) is 0 Å². The van der Waals surface area contributed by atoms with Crippen LogP contribution in [0.15, 0.2) is 42.5 Å². The number of hydrogen-bond donors (Lipinski definition) is 1. The van der Waals surface area contributed by atoms with Crippen LogP contribution in [0.4, 0.5) is 0 Å². The number of rotatable bonds is 3. The predicted molar refractivity (Wildman–Crippen MR) is 85.4 cm³/mol. The van der Waals surface area contributed by atoms with E-state index < -0.39 is 6.10 Å². The van der Waals surface area contributed by atoms with Crippen LogP contribution in [0, 0.1) is 0 Å². The maximum atomic E-state index is 11.3. The summed E-state index contributed by atoms with van der Waals surface area (Å²) in [6.07, 6.45) is 0.0801. The average molecular weight is 296 g/mol. The number of carbonyl (C=O) groups is 1. The molecule has 1 aliphatic rings. The first-order valence-electron chi connectivity index (χ1n) is 7.47. The zero-order valence-electron chi connectivity index (χ0n) is 13.1. The number of carbonyl (C=O) groups excluding carboxylic acids is 1. The second-order valence-corrected chi connectivity index (χ2v) is 6.45. The van der Waals surface area contributed by atoms with Gasteiger partial charge in [-0.15, -0.1) is 0 Å². The fourth-order valence-corrected chi connectivity index (χ4v) is 2.93. The third-order valence-corrected chi connectivity index (χ3v) is 4.05. The van der Waals surface area contributed by atoms with E-state index in [1.165, 1.54) is 6.92 Å². The molecule has 1 aliphatic heterocycles. The Morgan fingerprint density at radius 3 is 2.50 bits per heavy atom. The number of ketones is 1. The number of benzene rings is 2. The number of aliphatic hydroxyl groups is 1. The fourth-order valence-electron chi connectivity index (χ4n) is 2.93. The van der Waals surface area contributed by atoms with Crippen molar-refractivity contribution in [3.63, 3.8) is 0 Å². The van der Waals surface area contributed by atoms with E-state index in [-0.39, 0.29) is 11.4 Å². The summed E-state index contributed by atoms with van der Waals surface area (Å²) in [4.78, 5) is 11.3. The van der Waals surface area contributed by atoms with Gasteiger partial charge in [-0.25, -0.2) is 0 Å². The highest BCUT2D eigenvalue weighted by Gasteiger charge is 2.33. The van der Waals surface area contributed by atoms with Crippen molar-refractivity contribution in [2.75, 3.05) is 0 Å². The number of ether oxygens (including phenoxy) is 1. The van der Waals surface area contributed by atoms with Crippen LogP contribution in [0.25, 0.3) is 0 Å². The lowest BCUT2D eigenvalue weighted by molar-refractivity contribution is 0.101. The van der Waals surface area contributed by atoms with Crippen LogP contribution in [-0.2, 0) is 6.42 Å². The Morgan fingerprint density at radius 2 is 1.86 bits per heavy atom. The van der Waals surface area contributed by atoms with Crippen molar-refractivity contribution in [3.8, 4) is 5.75 Å². The number of fused-ring (bicyclic) bond motifs is 1. The molecule has 1 heterocycles. The smallest absolute Gasteiger partial charge is 0.159 e. The van der Waals surface area contributed by atoms with Crippen LogP contribution in [0.3, 0.4) is 0 Å². The number of Topliss-reactive ketones (excluding diaryl/α,β-unsaturated/α-hetero) is 1. The molecule has 0 saturated carbocycles. The van der Waals surface area contributed by atoms with E-state index in [4.69, 9.17) is 4.74 Å². The van der Waals surface area contributed by atoms with Gasteiger partial charge < -0.3 is 9.84 Å². The van der Waals surface area contributed by atoms with E-state index in [1.54, 1.807) is 24.3 Å². The molecule has 2 aromatic rings. The van der Waals surface area contributed by atoms with Crippen LogP contribution in [0.2, 0.25) is 0 Å². The Bertz CT molecular complexity index is 714. The van der Waals surface area contributed by atoms with Gasteiger partial charge >= 0.3 is 0 Å². The summed E-state index contributed by atoms with van der Waals surface area (Å²) in [7, 11) is 0. The van der Waals surface area contributed by atoms with E-state index in [0.717, 1.165) is 28.9 Å². The van der Waals surface area contributed by atoms with Gasteiger partial charge in [0, 0.05) is 17.5 Å². The summed E-state index contributed by atoms with van der Waals surface area (Å²) in [5, 5.41) is 10.7. The Hall–Kier alpha value is -2.13. The maximum absolute atomic E-state index is 11.3. The minimum absolute atomic E-state index is 0.0201. The lowest BCUT2D eigenvalue weighted by atomic mass is 9.95. The molecular weight excluding hydrogens is 276 g/mol. The molecule has 0 aromatic heterocycles. The minimum atomic E-state index is -0.759. The zero-order valence-corrected chi connectivity index (χ0v) is 13.1. The van der Waals surface area contributed by atoms with Crippen molar-refractivity contribution in [2.24, 2.45) is 0 Å². The van der Waals surface area contributed by atoms with Gasteiger partial charge in [-0.1, -0.05) is 42.5 Å². The highest BCUT2D eigenvalue weighted by molar-refractivity contribution is 5.94. The summed E-state index contributed by atoms with van der Waals surface area (Å²) in [5.74, 6) is 0.808. The second-order valence-electron chi connectivity index (χ2n) is 6.45. The molecule has 1 unspecified atom stereocenters. The maximum Gasteiger partial charge on any atom is 0.159 e. The Kier molecular flexibility index (Phi) is 3.53. The minimum Gasteiger partial charge on any atom is -0.487 e. The molecule has 0 saturated heterocycles. The van der Waals surface area contributed by atoms with Crippen molar-refractivity contribution >= 4 is 5.78 Å². The summed E-state index contributed by atoms with van der Waals surface area (Å²) in [6.45, 7) is 5.63. The molecule has 3 rings (SSSR count). The summed E-state index contributed by atoms with van der Waals surface area (Å²) >= 11 is 0. The lowest BCUT2D eigenvalue weighted by Gasteiger charge is -2.20. The molecule has 114 valence electrons. The molecular formula is C19H20O3. The van der Waals surface area contributed by atoms with Crippen LogP contribution in [0.5, 0.6) is 5.75 Å². The first kappa shape index (κ1) is 14.8. The Balaban J connectivity index is 1.95. The third kappa shape index (κ3) is 2.64. The number of aliphatic hydroxyl groups excluding tert-OH is 1. The molecule has 0 amide bonds. The second kappa shape index (κ2) is 5.25. The van der Waals surface area contributed by atoms with Gasteiger partial charge in [0.15, 0.2) is 5.78 Å². The van der Waals surface area contributed by atoms with Crippen molar-refractivity contribution < 1.29 is 14.6 Å². The van der Waals surface area contributed by atoms with Gasteiger partial charge in [0.2, 0.25) is 0 Å². The van der Waals surface area contributed by atoms with E-state index >= 15 is 0 Å². The molecule has 0 bridgehead atoms. The van der Waals surface area contributed by atoms with Crippen LogP contribution < -0.4 is 4.74 Å². The zero-order chi connectivity index (χ0) is 15.9. The van der Waals surface area contributed by atoms with Crippen LogP contribution >= 0.6 is 0 Å². The Morgan fingerprint density at radius 1 is 1.18 bits per heavy atom. The molecule has 3 nitrogen and oxygen atoms in total. The van der Waals surface area contributed by atoms with Crippen LogP contribution in [0.1, 0.15) is 53.9 Å². The van der Waals surface area contributed by atoms with Gasteiger partial charge in [0.25, 0.3) is 0 Å². The predicted octanol–water partition coefficient (Wildman–Crippen LogP) is 3.68. The van der Waals surface area contributed by atoms with Crippen molar-refractivity contribution in [3.05, 3.63) is 64.7 Å². The molecule has 3 heteroatoms.